The van der Waals surface area contributed by atoms with Crippen molar-refractivity contribution in [3.63, 3.8) is 0 Å². The summed E-state index contributed by atoms with van der Waals surface area (Å²) in [4.78, 5) is 0. The Morgan fingerprint density at radius 1 is 1.33 bits per heavy atom. The average molecular weight is 170 g/mol. The summed E-state index contributed by atoms with van der Waals surface area (Å²) in [6.45, 7) is 5.47. The molecule has 0 aliphatic carbocycles. The molecule has 56 valence electrons. The van der Waals surface area contributed by atoms with Gasteiger partial charge in [0.25, 0.3) is 0 Å². The minimum atomic E-state index is -3.98. The zero-order chi connectivity index (χ0) is 7.71. The van der Waals surface area contributed by atoms with Crippen molar-refractivity contribution in [1.29, 1.82) is 0 Å². The van der Waals surface area contributed by atoms with Crippen LogP contribution >= 0.6 is 7.26 Å². The van der Waals surface area contributed by atoms with Gasteiger partial charge < -0.3 is 4.55 Å². The first kappa shape index (κ1) is 9.34. The Bertz CT molecular complexity index is 176. The largest absolute Gasteiger partial charge is 0.745 e. The summed E-state index contributed by atoms with van der Waals surface area (Å²) in [6, 6.07) is 0. The normalized spacial score (nSPS) is 13.8. The summed E-state index contributed by atoms with van der Waals surface area (Å²) in [7, 11) is -5.42. The first-order valence-corrected chi connectivity index (χ1v) is 7.34. The summed E-state index contributed by atoms with van der Waals surface area (Å²) >= 11 is 0. The van der Waals surface area contributed by atoms with Gasteiger partial charge in [-0.1, -0.05) is 0 Å². The topological polar surface area (TPSA) is 57.2 Å². The standard InChI is InChI=1S/C4H11O3PS/c1-8(2,3)4-9(5,6)7/h4H2,1-3H3. The zero-order valence-corrected chi connectivity index (χ0v) is 7.50. The lowest BCUT2D eigenvalue weighted by Gasteiger charge is -2.13. The van der Waals surface area contributed by atoms with E-state index in [1.807, 2.05) is 20.0 Å². The first-order valence-electron chi connectivity index (χ1n) is 2.45. The van der Waals surface area contributed by atoms with Gasteiger partial charge in [-0.15, -0.1) is 0 Å². The quantitative estimate of drug-likeness (QED) is 0.445. The third-order valence-electron chi connectivity index (χ3n) is 0.545. The third-order valence-corrected chi connectivity index (χ3v) is 4.91. The van der Waals surface area contributed by atoms with Crippen molar-refractivity contribution in [3.05, 3.63) is 0 Å². The molecule has 0 rings (SSSR count). The van der Waals surface area contributed by atoms with Crippen molar-refractivity contribution >= 4 is 17.4 Å². The molecule has 0 aromatic carbocycles. The van der Waals surface area contributed by atoms with Crippen molar-refractivity contribution < 1.29 is 13.0 Å². The summed E-state index contributed by atoms with van der Waals surface area (Å²) < 4.78 is 30.4. The molecule has 0 aromatic rings. The molecule has 5 heteroatoms. The van der Waals surface area contributed by atoms with Gasteiger partial charge in [-0.3, -0.25) is 0 Å². The highest BCUT2D eigenvalue weighted by Gasteiger charge is 2.20. The second kappa shape index (κ2) is 2.52. The Morgan fingerprint density at radius 2 is 1.67 bits per heavy atom. The smallest absolute Gasteiger partial charge is 0.147 e. The molecule has 0 aliphatic rings. The van der Waals surface area contributed by atoms with Gasteiger partial charge in [0.15, 0.2) is 0 Å². The van der Waals surface area contributed by atoms with Crippen molar-refractivity contribution in [1.82, 2.24) is 0 Å². The molecule has 0 spiro atoms. The van der Waals surface area contributed by atoms with E-state index in [1.54, 1.807) is 0 Å². The van der Waals surface area contributed by atoms with Crippen LogP contribution in [0, 0.1) is 0 Å². The number of hydrogen-bond acceptors (Lipinski definition) is 3. The predicted octanol–water partition coefficient (Wildman–Crippen LogP) is 0.396. The first-order chi connectivity index (χ1) is 3.71. The van der Waals surface area contributed by atoms with E-state index >= 15 is 0 Å². The fraction of sp³-hybridized carbons (Fsp3) is 1.00. The van der Waals surface area contributed by atoms with E-state index < -0.39 is 17.4 Å². The van der Waals surface area contributed by atoms with E-state index in [4.69, 9.17) is 0 Å². The molecule has 0 unspecified atom stereocenters. The van der Waals surface area contributed by atoms with Crippen molar-refractivity contribution in [2.45, 2.75) is 0 Å². The lowest BCUT2D eigenvalue weighted by molar-refractivity contribution is 0.468. The van der Waals surface area contributed by atoms with E-state index in [1.165, 1.54) is 0 Å². The number of hydrogen-bond donors (Lipinski definition) is 0. The fourth-order valence-corrected chi connectivity index (χ4v) is 4.27. The lowest BCUT2D eigenvalue weighted by Crippen LogP contribution is -2.06. The summed E-state index contributed by atoms with van der Waals surface area (Å²) in [5.41, 5.74) is -0.181. The molecule has 0 aromatic heterocycles. The van der Waals surface area contributed by atoms with Gasteiger partial charge in [0.1, 0.15) is 15.6 Å². The maximum Gasteiger partial charge on any atom is 0.147 e. The van der Waals surface area contributed by atoms with E-state index in [9.17, 15) is 13.0 Å². The van der Waals surface area contributed by atoms with Gasteiger partial charge in [-0.25, -0.2) is 8.42 Å². The van der Waals surface area contributed by atoms with Crippen molar-refractivity contribution in [2.75, 3.05) is 25.5 Å². The SMILES string of the molecule is C[P+](C)(C)CS(=O)(=O)[O-]. The summed E-state index contributed by atoms with van der Waals surface area (Å²) in [6.07, 6.45) is 0. The minimum Gasteiger partial charge on any atom is -0.745 e. The highest BCUT2D eigenvalue weighted by Crippen LogP contribution is 2.47. The molecule has 0 fully saturated rings. The van der Waals surface area contributed by atoms with Crippen LogP contribution in [0.4, 0.5) is 0 Å². The fourth-order valence-electron chi connectivity index (χ4n) is 0.474. The van der Waals surface area contributed by atoms with Gasteiger partial charge in [0.05, 0.1) is 0 Å². The van der Waals surface area contributed by atoms with Crippen LogP contribution in [0.25, 0.3) is 0 Å². The van der Waals surface area contributed by atoms with Crippen LogP contribution in [0.2, 0.25) is 0 Å². The summed E-state index contributed by atoms with van der Waals surface area (Å²) in [5, 5.41) is 0. The van der Waals surface area contributed by atoms with Crippen LogP contribution in [0.5, 0.6) is 0 Å². The third kappa shape index (κ3) is 8.34. The van der Waals surface area contributed by atoms with Crippen LogP contribution in [0.1, 0.15) is 0 Å². The molecule has 0 saturated heterocycles. The van der Waals surface area contributed by atoms with Gasteiger partial charge >= 0.3 is 0 Å². The molecule has 0 atom stereocenters. The maximum absolute atomic E-state index is 10.1. The monoisotopic (exact) mass is 170 g/mol. The molecule has 0 radical (unpaired) electrons. The molecule has 0 heterocycles. The molecule has 0 amide bonds. The highest BCUT2D eigenvalue weighted by atomic mass is 32.2. The van der Waals surface area contributed by atoms with Crippen LogP contribution in [-0.2, 0) is 10.1 Å². The Balaban J connectivity index is 4.07. The molecule has 0 N–H and O–H groups in total. The lowest BCUT2D eigenvalue weighted by atomic mass is 11.8. The molecular weight excluding hydrogens is 159 g/mol. The van der Waals surface area contributed by atoms with Crippen LogP contribution in [0.15, 0.2) is 0 Å². The van der Waals surface area contributed by atoms with E-state index in [2.05, 4.69) is 0 Å². The molecule has 0 saturated carbocycles. The van der Waals surface area contributed by atoms with Crippen LogP contribution in [0.3, 0.4) is 0 Å². The van der Waals surface area contributed by atoms with Crippen molar-refractivity contribution in [3.8, 4) is 0 Å². The van der Waals surface area contributed by atoms with Gasteiger partial charge in [0.2, 0.25) is 0 Å². The van der Waals surface area contributed by atoms with Gasteiger partial charge in [-0.2, -0.15) is 0 Å². The van der Waals surface area contributed by atoms with Crippen molar-refractivity contribution in [2.24, 2.45) is 0 Å². The Hall–Kier alpha value is 0.340. The second-order valence-electron chi connectivity index (χ2n) is 2.98. The van der Waals surface area contributed by atoms with E-state index in [-0.39, 0.29) is 5.49 Å². The maximum atomic E-state index is 10.1. The Labute approximate surface area is 56.5 Å². The Morgan fingerprint density at radius 3 is 1.67 bits per heavy atom. The van der Waals surface area contributed by atoms with E-state index in [0.29, 0.717) is 0 Å². The highest BCUT2D eigenvalue weighted by molar-refractivity contribution is 7.97. The predicted molar refractivity (Wildman–Crippen MR) is 39.3 cm³/mol. The van der Waals surface area contributed by atoms with Gasteiger partial charge in [-0.05, 0) is 0 Å². The molecular formula is C4H11O3PS. The number of rotatable bonds is 2. The molecule has 3 nitrogen and oxygen atoms in total. The van der Waals surface area contributed by atoms with Crippen LogP contribution in [-0.4, -0.2) is 38.5 Å². The molecule has 0 bridgehead atoms. The molecule has 0 aliphatic heterocycles. The van der Waals surface area contributed by atoms with Crippen LogP contribution < -0.4 is 0 Å². The zero-order valence-electron chi connectivity index (χ0n) is 5.79. The van der Waals surface area contributed by atoms with E-state index in [0.717, 1.165) is 0 Å². The Kier molecular flexibility index (Phi) is 2.62. The second-order valence-corrected chi connectivity index (χ2v) is 9.71. The average Bonchev–Trinajstić information content (AvgIpc) is 1.14. The summed E-state index contributed by atoms with van der Waals surface area (Å²) in [5.74, 6) is 0. The molecule has 9 heavy (non-hydrogen) atoms. The van der Waals surface area contributed by atoms with Gasteiger partial charge in [0, 0.05) is 27.3 Å². The minimum absolute atomic E-state index is 0.181.